The normalized spacial score (nSPS) is 13.9. The number of hydrogen-bond acceptors (Lipinski definition) is 3. The number of aromatic nitrogens is 2. The number of Topliss-reactive ketones (excluding diaryl/α,β-unsaturated/α-hetero) is 1. The van der Waals surface area contributed by atoms with E-state index >= 15 is 0 Å². The second-order valence-electron chi connectivity index (χ2n) is 5.36. The van der Waals surface area contributed by atoms with E-state index in [9.17, 15) is 9.59 Å². The van der Waals surface area contributed by atoms with Crippen LogP contribution in [0.1, 0.15) is 6.42 Å². The third kappa shape index (κ3) is 1.80. The lowest BCUT2D eigenvalue weighted by molar-refractivity contribution is -0.112. The maximum absolute atomic E-state index is 11.8. The summed E-state index contributed by atoms with van der Waals surface area (Å²) in [6, 6.07) is 7.95. The summed E-state index contributed by atoms with van der Waals surface area (Å²) in [5.41, 5.74) is 0.446. The molecule has 0 radical (unpaired) electrons. The van der Waals surface area contributed by atoms with Crippen LogP contribution in [0.15, 0.2) is 35.3 Å². The number of ketones is 1. The van der Waals surface area contributed by atoms with Crippen LogP contribution in [-0.2, 0) is 11.8 Å². The third-order valence-electron chi connectivity index (χ3n) is 3.91. The van der Waals surface area contributed by atoms with Crippen molar-refractivity contribution in [2.24, 2.45) is 7.05 Å². The zero-order valence-corrected chi connectivity index (χ0v) is 11.5. The topological polar surface area (TPSA) is 52.0 Å². The Bertz CT molecular complexity index is 1110. The molecule has 1 aliphatic rings. The van der Waals surface area contributed by atoms with E-state index in [1.165, 1.54) is 4.57 Å². The van der Waals surface area contributed by atoms with Crippen molar-refractivity contribution < 1.29 is 4.79 Å². The number of hydrogen-bond donors (Lipinski definition) is 0. The van der Waals surface area contributed by atoms with E-state index in [1.807, 2.05) is 30.3 Å². The molecule has 0 N–H and O–H groups in total. The van der Waals surface area contributed by atoms with Crippen LogP contribution in [0.4, 0.5) is 0 Å². The van der Waals surface area contributed by atoms with Crippen molar-refractivity contribution in [3.63, 3.8) is 0 Å². The minimum absolute atomic E-state index is 0.120. The Kier molecular flexibility index (Phi) is 2.36. The number of carbonyl (C=O) groups is 1. The van der Waals surface area contributed by atoms with Crippen LogP contribution in [0, 0.1) is 0 Å². The van der Waals surface area contributed by atoms with Crippen molar-refractivity contribution in [3.8, 4) is 0 Å². The fraction of sp³-hybridized carbons (Fsp3) is 0.118. The number of rotatable bonds is 0. The smallest absolute Gasteiger partial charge is 0.302 e. The van der Waals surface area contributed by atoms with Crippen LogP contribution in [0.5, 0.6) is 0 Å². The summed E-state index contributed by atoms with van der Waals surface area (Å²) < 4.78 is 1.48. The second-order valence-corrected chi connectivity index (χ2v) is 5.36. The molecule has 0 saturated heterocycles. The van der Waals surface area contributed by atoms with E-state index in [-0.39, 0.29) is 11.5 Å². The van der Waals surface area contributed by atoms with Crippen LogP contribution in [0.25, 0.3) is 33.8 Å². The molecule has 0 saturated carbocycles. The molecule has 1 heterocycles. The Hall–Kier alpha value is -2.75. The average molecular weight is 276 g/mol. The minimum Gasteiger partial charge on any atom is -0.302 e. The van der Waals surface area contributed by atoms with Crippen molar-refractivity contribution in [2.45, 2.75) is 6.42 Å². The lowest BCUT2D eigenvalue weighted by Crippen LogP contribution is -2.29. The zero-order chi connectivity index (χ0) is 14.6. The first-order valence-electron chi connectivity index (χ1n) is 6.77. The summed E-state index contributed by atoms with van der Waals surface area (Å²) in [5.74, 6) is 0.120. The van der Waals surface area contributed by atoms with Gasteiger partial charge >= 0.3 is 5.69 Å². The SMILES string of the molecule is Cn1cc2ccc3cc4c(cc3c2nc1=O)=CCC(=O)C=4. The van der Waals surface area contributed by atoms with Gasteiger partial charge in [0.2, 0.25) is 0 Å². The van der Waals surface area contributed by atoms with Crippen molar-refractivity contribution in [1.82, 2.24) is 9.55 Å². The Morgan fingerprint density at radius 2 is 1.90 bits per heavy atom. The first kappa shape index (κ1) is 12.0. The standard InChI is InChI=1S/C17H12N2O2/c1-19-9-12-3-2-11-6-13-7-14(20)5-4-10(13)8-15(11)16(12)18-17(19)21/h2-4,6-9H,5H2,1H3. The molecule has 1 aromatic heterocycles. The molecule has 4 heteroatoms. The fourth-order valence-corrected chi connectivity index (χ4v) is 2.82. The Morgan fingerprint density at radius 1 is 1.10 bits per heavy atom. The van der Waals surface area contributed by atoms with Gasteiger partial charge in [-0.15, -0.1) is 0 Å². The summed E-state index contributed by atoms with van der Waals surface area (Å²) in [6.07, 6.45) is 5.83. The van der Waals surface area contributed by atoms with Gasteiger partial charge in [-0.05, 0) is 34.0 Å². The highest BCUT2D eigenvalue weighted by Crippen LogP contribution is 2.20. The predicted octanol–water partition coefficient (Wildman–Crippen LogP) is 0.621. The summed E-state index contributed by atoms with van der Waals surface area (Å²) in [5, 5.41) is 4.82. The van der Waals surface area contributed by atoms with E-state index in [4.69, 9.17) is 0 Å². The molecule has 0 aliphatic heterocycles. The molecule has 0 bridgehead atoms. The number of fused-ring (bicyclic) bond motifs is 4. The van der Waals surface area contributed by atoms with Crippen molar-refractivity contribution in [2.75, 3.05) is 0 Å². The van der Waals surface area contributed by atoms with Crippen LogP contribution in [-0.4, -0.2) is 15.3 Å². The molecule has 0 spiro atoms. The first-order valence-corrected chi connectivity index (χ1v) is 6.77. The summed E-state index contributed by atoms with van der Waals surface area (Å²) in [4.78, 5) is 27.5. The monoisotopic (exact) mass is 276 g/mol. The maximum atomic E-state index is 11.8. The van der Waals surface area contributed by atoms with Gasteiger partial charge in [0, 0.05) is 30.4 Å². The van der Waals surface area contributed by atoms with Gasteiger partial charge in [-0.2, -0.15) is 4.98 Å². The van der Waals surface area contributed by atoms with Gasteiger partial charge in [0.1, 0.15) is 0 Å². The lowest BCUT2D eigenvalue weighted by Gasteiger charge is -2.06. The van der Waals surface area contributed by atoms with Crippen molar-refractivity contribution in [3.05, 3.63) is 51.4 Å². The van der Waals surface area contributed by atoms with Gasteiger partial charge in [-0.1, -0.05) is 18.2 Å². The van der Waals surface area contributed by atoms with Crippen LogP contribution in [0.2, 0.25) is 0 Å². The maximum Gasteiger partial charge on any atom is 0.347 e. The highest BCUT2D eigenvalue weighted by atomic mass is 16.1. The third-order valence-corrected chi connectivity index (χ3v) is 3.91. The molecule has 1 aliphatic carbocycles. The van der Waals surface area contributed by atoms with Gasteiger partial charge in [-0.25, -0.2) is 4.79 Å². The highest BCUT2D eigenvalue weighted by Gasteiger charge is 2.07. The van der Waals surface area contributed by atoms with Crippen LogP contribution >= 0.6 is 0 Å². The van der Waals surface area contributed by atoms with E-state index in [1.54, 1.807) is 19.3 Å². The zero-order valence-electron chi connectivity index (χ0n) is 11.5. The Balaban J connectivity index is 2.23. The molecule has 0 amide bonds. The fourth-order valence-electron chi connectivity index (χ4n) is 2.82. The van der Waals surface area contributed by atoms with Crippen LogP contribution in [0.3, 0.4) is 0 Å². The summed E-state index contributed by atoms with van der Waals surface area (Å²) in [6.45, 7) is 0. The largest absolute Gasteiger partial charge is 0.347 e. The molecule has 4 rings (SSSR count). The molecule has 102 valence electrons. The minimum atomic E-state index is -0.265. The van der Waals surface area contributed by atoms with Crippen molar-refractivity contribution >= 4 is 39.6 Å². The molecule has 0 atom stereocenters. The number of aryl methyl sites for hydroxylation is 1. The van der Waals surface area contributed by atoms with Crippen LogP contribution < -0.4 is 16.1 Å². The molecular formula is C17H12N2O2. The van der Waals surface area contributed by atoms with E-state index < -0.39 is 0 Å². The summed E-state index contributed by atoms with van der Waals surface area (Å²) in [7, 11) is 1.69. The van der Waals surface area contributed by atoms with Crippen molar-refractivity contribution in [1.29, 1.82) is 0 Å². The van der Waals surface area contributed by atoms with Gasteiger partial charge in [0.05, 0.1) is 5.52 Å². The Labute approximate surface area is 119 Å². The van der Waals surface area contributed by atoms with E-state index in [0.29, 0.717) is 11.9 Å². The number of nitrogens with zero attached hydrogens (tertiary/aromatic N) is 2. The van der Waals surface area contributed by atoms with Gasteiger partial charge in [-0.3, -0.25) is 4.79 Å². The molecule has 0 unspecified atom stereocenters. The quantitative estimate of drug-likeness (QED) is 0.566. The molecule has 0 fully saturated rings. The molecular weight excluding hydrogens is 264 g/mol. The molecule has 4 nitrogen and oxygen atoms in total. The average Bonchev–Trinajstić information content (AvgIpc) is 2.47. The van der Waals surface area contributed by atoms with E-state index in [0.717, 1.165) is 26.6 Å². The molecule has 3 aromatic rings. The number of benzene rings is 2. The van der Waals surface area contributed by atoms with Gasteiger partial charge in [0.15, 0.2) is 5.78 Å². The van der Waals surface area contributed by atoms with E-state index in [2.05, 4.69) is 4.98 Å². The molecule has 2 aromatic carbocycles. The van der Waals surface area contributed by atoms with Gasteiger partial charge < -0.3 is 4.57 Å². The second kappa shape index (κ2) is 4.12. The van der Waals surface area contributed by atoms with Gasteiger partial charge in [0.25, 0.3) is 0 Å². The Morgan fingerprint density at radius 3 is 2.76 bits per heavy atom. The predicted molar refractivity (Wildman–Crippen MR) is 82.3 cm³/mol. The molecule has 21 heavy (non-hydrogen) atoms. The number of carbonyl (C=O) groups excluding carboxylic acids is 1. The summed E-state index contributed by atoms with van der Waals surface area (Å²) >= 11 is 0. The lowest BCUT2D eigenvalue weighted by atomic mass is 10.0. The highest BCUT2D eigenvalue weighted by molar-refractivity contribution is 6.10. The first-order chi connectivity index (χ1) is 10.1.